The van der Waals surface area contributed by atoms with Crippen molar-refractivity contribution in [3.05, 3.63) is 0 Å². The molecule has 0 spiro atoms. The van der Waals surface area contributed by atoms with E-state index in [0.29, 0.717) is 12.3 Å². The highest BCUT2D eigenvalue weighted by Gasteiger charge is 2.15. The third kappa shape index (κ3) is 9.97. The first kappa shape index (κ1) is 15.4. The zero-order chi connectivity index (χ0) is 12.4. The maximum absolute atomic E-state index is 10.3. The summed E-state index contributed by atoms with van der Waals surface area (Å²) in [6.07, 6.45) is 7.57. The molecule has 0 aromatic rings. The number of carboxylic acids is 1. The van der Waals surface area contributed by atoms with Gasteiger partial charge in [-0.1, -0.05) is 33.1 Å². The molecule has 0 aromatic heterocycles. The zero-order valence-corrected chi connectivity index (χ0v) is 10.7. The molecule has 0 aromatic carbocycles. The lowest BCUT2D eigenvalue weighted by Crippen LogP contribution is -2.10. The molecule has 3 heteroatoms. The van der Waals surface area contributed by atoms with E-state index >= 15 is 0 Å². The van der Waals surface area contributed by atoms with Crippen LogP contribution >= 0.6 is 0 Å². The number of hydrogen-bond acceptors (Lipinski definition) is 2. The van der Waals surface area contributed by atoms with E-state index in [4.69, 9.17) is 10.8 Å². The Morgan fingerprint density at radius 1 is 1.31 bits per heavy atom. The maximum atomic E-state index is 10.3. The second kappa shape index (κ2) is 9.64. The van der Waals surface area contributed by atoms with Crippen LogP contribution in [0.3, 0.4) is 0 Å². The Balaban J connectivity index is 0.000000325. The van der Waals surface area contributed by atoms with Crippen LogP contribution in [0.5, 0.6) is 0 Å². The molecule has 1 aliphatic rings. The number of carbonyl (C=O) groups is 1. The van der Waals surface area contributed by atoms with Crippen molar-refractivity contribution >= 4 is 5.97 Å². The first-order chi connectivity index (χ1) is 7.56. The van der Waals surface area contributed by atoms with Crippen LogP contribution in [0, 0.1) is 11.8 Å². The molecular formula is C13H27NO2. The van der Waals surface area contributed by atoms with Gasteiger partial charge in [-0.25, -0.2) is 0 Å². The molecule has 0 aliphatic heterocycles. The maximum Gasteiger partial charge on any atom is 0.303 e. The first-order valence-electron chi connectivity index (χ1n) is 6.48. The summed E-state index contributed by atoms with van der Waals surface area (Å²) in [5, 5.41) is 8.47. The third-order valence-corrected chi connectivity index (χ3v) is 2.93. The molecule has 0 bridgehead atoms. The van der Waals surface area contributed by atoms with Gasteiger partial charge in [-0.05, 0) is 37.6 Å². The fraction of sp³-hybridized carbons (Fsp3) is 0.923. The lowest BCUT2D eigenvalue weighted by Gasteiger charge is -2.18. The molecule has 96 valence electrons. The van der Waals surface area contributed by atoms with E-state index < -0.39 is 5.97 Å². The highest BCUT2D eigenvalue weighted by molar-refractivity contribution is 5.66. The lowest BCUT2D eigenvalue weighted by molar-refractivity contribution is -0.138. The molecule has 1 rings (SSSR count). The van der Waals surface area contributed by atoms with Crippen LogP contribution in [0.25, 0.3) is 0 Å². The Morgan fingerprint density at radius 3 is 2.19 bits per heavy atom. The van der Waals surface area contributed by atoms with Crippen LogP contribution in [-0.2, 0) is 4.79 Å². The van der Waals surface area contributed by atoms with Crippen molar-refractivity contribution in [3.8, 4) is 0 Å². The molecular weight excluding hydrogens is 202 g/mol. The van der Waals surface area contributed by atoms with E-state index in [2.05, 4.69) is 13.8 Å². The van der Waals surface area contributed by atoms with Gasteiger partial charge in [0.1, 0.15) is 0 Å². The van der Waals surface area contributed by atoms with Gasteiger partial charge in [0.2, 0.25) is 0 Å². The normalized spacial score (nSPS) is 16.8. The van der Waals surface area contributed by atoms with Crippen molar-refractivity contribution < 1.29 is 9.90 Å². The van der Waals surface area contributed by atoms with Crippen molar-refractivity contribution in [2.75, 3.05) is 6.54 Å². The fourth-order valence-corrected chi connectivity index (χ4v) is 1.97. The Bertz CT molecular complexity index is 175. The molecule has 0 unspecified atom stereocenters. The Hall–Kier alpha value is -0.570. The average Bonchev–Trinajstić information content (AvgIpc) is 2.18. The molecule has 3 nitrogen and oxygen atoms in total. The Labute approximate surface area is 99.4 Å². The van der Waals surface area contributed by atoms with E-state index in [1.54, 1.807) is 0 Å². The van der Waals surface area contributed by atoms with Crippen molar-refractivity contribution in [1.82, 2.24) is 0 Å². The van der Waals surface area contributed by atoms with E-state index in [9.17, 15) is 4.79 Å². The van der Waals surface area contributed by atoms with Gasteiger partial charge < -0.3 is 10.8 Å². The molecule has 0 heterocycles. The number of hydrogen-bond donors (Lipinski definition) is 2. The summed E-state index contributed by atoms with van der Waals surface area (Å²) in [7, 11) is 0. The molecule has 3 N–H and O–H groups in total. The minimum atomic E-state index is -0.632. The van der Waals surface area contributed by atoms with Gasteiger partial charge in [-0.15, -0.1) is 0 Å². The molecule has 1 fully saturated rings. The highest BCUT2D eigenvalue weighted by atomic mass is 16.4. The number of rotatable bonds is 4. The van der Waals surface area contributed by atoms with Crippen molar-refractivity contribution in [2.45, 2.75) is 58.8 Å². The van der Waals surface area contributed by atoms with E-state index in [-0.39, 0.29) is 0 Å². The fourth-order valence-electron chi connectivity index (χ4n) is 1.97. The predicted molar refractivity (Wildman–Crippen MR) is 67.3 cm³/mol. The average molecular weight is 229 g/mol. The van der Waals surface area contributed by atoms with Gasteiger partial charge in [0.25, 0.3) is 0 Å². The van der Waals surface area contributed by atoms with Gasteiger partial charge in [0, 0.05) is 6.42 Å². The SMILES string of the molecule is CC(C)CCN.O=C(O)CC1CCCCC1. The summed E-state index contributed by atoms with van der Waals surface area (Å²) in [4.78, 5) is 10.3. The van der Waals surface area contributed by atoms with Gasteiger partial charge >= 0.3 is 5.97 Å². The monoisotopic (exact) mass is 229 g/mol. The summed E-state index contributed by atoms with van der Waals surface area (Å²) >= 11 is 0. The largest absolute Gasteiger partial charge is 0.481 e. The minimum Gasteiger partial charge on any atom is -0.481 e. The van der Waals surface area contributed by atoms with Crippen LogP contribution in [-0.4, -0.2) is 17.6 Å². The standard InChI is InChI=1S/C8H14O2.C5H13N/c9-8(10)6-7-4-2-1-3-5-7;1-5(2)3-4-6/h7H,1-6H2,(H,9,10);5H,3-4,6H2,1-2H3. The molecule has 1 saturated carbocycles. The topological polar surface area (TPSA) is 63.3 Å². The lowest BCUT2D eigenvalue weighted by atomic mass is 9.87. The van der Waals surface area contributed by atoms with Crippen LogP contribution < -0.4 is 5.73 Å². The quantitative estimate of drug-likeness (QED) is 0.778. The van der Waals surface area contributed by atoms with Gasteiger partial charge in [-0.2, -0.15) is 0 Å². The summed E-state index contributed by atoms with van der Waals surface area (Å²) < 4.78 is 0. The van der Waals surface area contributed by atoms with Crippen molar-refractivity contribution in [2.24, 2.45) is 17.6 Å². The molecule has 16 heavy (non-hydrogen) atoms. The second-order valence-electron chi connectivity index (χ2n) is 5.07. The summed E-state index contributed by atoms with van der Waals surface area (Å²) in [5.74, 6) is 0.619. The van der Waals surface area contributed by atoms with Gasteiger partial charge in [0.15, 0.2) is 0 Å². The van der Waals surface area contributed by atoms with E-state index in [0.717, 1.165) is 31.7 Å². The summed E-state index contributed by atoms with van der Waals surface area (Å²) in [6.45, 7) is 5.18. The molecule has 0 atom stereocenters. The molecule has 0 amide bonds. The number of nitrogens with two attached hydrogens (primary N) is 1. The zero-order valence-electron chi connectivity index (χ0n) is 10.7. The molecule has 1 aliphatic carbocycles. The summed E-state index contributed by atoms with van der Waals surface area (Å²) in [6, 6.07) is 0. The highest BCUT2D eigenvalue weighted by Crippen LogP contribution is 2.25. The van der Waals surface area contributed by atoms with Crippen LogP contribution in [0.2, 0.25) is 0 Å². The van der Waals surface area contributed by atoms with Crippen molar-refractivity contribution in [3.63, 3.8) is 0 Å². The van der Waals surface area contributed by atoms with Crippen molar-refractivity contribution in [1.29, 1.82) is 0 Å². The second-order valence-corrected chi connectivity index (χ2v) is 5.07. The third-order valence-electron chi connectivity index (χ3n) is 2.93. The Morgan fingerprint density at radius 2 is 1.88 bits per heavy atom. The van der Waals surface area contributed by atoms with Crippen LogP contribution in [0.4, 0.5) is 0 Å². The minimum absolute atomic E-state index is 0.389. The smallest absolute Gasteiger partial charge is 0.303 e. The van der Waals surface area contributed by atoms with Crippen LogP contribution in [0.1, 0.15) is 58.8 Å². The predicted octanol–water partition coefficient (Wildman–Crippen LogP) is 3.03. The van der Waals surface area contributed by atoms with Gasteiger partial charge in [-0.3, -0.25) is 4.79 Å². The first-order valence-corrected chi connectivity index (χ1v) is 6.48. The van der Waals surface area contributed by atoms with E-state index in [1.165, 1.54) is 19.3 Å². The molecule has 0 saturated heterocycles. The molecule has 0 radical (unpaired) electrons. The Kier molecular flexibility index (Phi) is 9.30. The summed E-state index contributed by atoms with van der Waals surface area (Å²) in [5.41, 5.74) is 5.23. The number of carboxylic acid groups (broad SMARTS) is 1. The van der Waals surface area contributed by atoms with Crippen LogP contribution in [0.15, 0.2) is 0 Å². The van der Waals surface area contributed by atoms with E-state index in [1.807, 2.05) is 0 Å². The number of aliphatic carboxylic acids is 1. The van der Waals surface area contributed by atoms with Gasteiger partial charge in [0.05, 0.1) is 0 Å².